The average molecular weight is 411 g/mol. The molecular weight excluding hydrogens is 382 g/mol. The highest BCUT2D eigenvalue weighted by molar-refractivity contribution is 5.68. The number of hydrogen-bond acceptors (Lipinski definition) is 5. The zero-order valence-corrected chi connectivity index (χ0v) is 17.8. The summed E-state index contributed by atoms with van der Waals surface area (Å²) in [7, 11) is 0. The first kappa shape index (κ1) is 20.5. The Labute approximate surface area is 177 Å². The molecule has 1 amide bonds. The van der Waals surface area contributed by atoms with Crippen LogP contribution in [0.5, 0.6) is 11.5 Å². The van der Waals surface area contributed by atoms with Crippen LogP contribution in [0, 0.1) is 0 Å². The van der Waals surface area contributed by atoms with Gasteiger partial charge in [0, 0.05) is 19.4 Å². The summed E-state index contributed by atoms with van der Waals surface area (Å²) in [6.07, 6.45) is -0.00873. The zero-order valence-electron chi connectivity index (χ0n) is 17.8. The summed E-state index contributed by atoms with van der Waals surface area (Å²) in [4.78, 5) is 14.1. The summed E-state index contributed by atoms with van der Waals surface area (Å²) in [6, 6.07) is 15.5. The standard InChI is InChI=1S/C24H29NO5/c1-23(2,3)30-22(27)25-13-12-24(16-25)14-18(26)21-19(10-7-11-20(21)29-24)28-15-17-8-5-4-6-9-17/h4-11,18,26H,12-16H2,1-3H3. The van der Waals surface area contributed by atoms with Gasteiger partial charge in [-0.2, -0.15) is 0 Å². The fraction of sp³-hybridized carbons (Fsp3) is 0.458. The van der Waals surface area contributed by atoms with Gasteiger partial charge in [0.15, 0.2) is 0 Å². The van der Waals surface area contributed by atoms with Crippen molar-refractivity contribution in [1.29, 1.82) is 0 Å². The van der Waals surface area contributed by atoms with Crippen LogP contribution in [0.15, 0.2) is 48.5 Å². The molecule has 1 saturated heterocycles. The van der Waals surface area contributed by atoms with Crippen LogP contribution in [0.4, 0.5) is 4.79 Å². The topological polar surface area (TPSA) is 68.2 Å². The number of aliphatic hydroxyl groups is 1. The van der Waals surface area contributed by atoms with Gasteiger partial charge >= 0.3 is 6.09 Å². The molecule has 2 aromatic carbocycles. The minimum Gasteiger partial charge on any atom is -0.488 e. The molecule has 30 heavy (non-hydrogen) atoms. The maximum absolute atomic E-state index is 12.5. The van der Waals surface area contributed by atoms with E-state index in [9.17, 15) is 9.90 Å². The molecular formula is C24H29NO5. The quantitative estimate of drug-likeness (QED) is 0.808. The number of amides is 1. The highest BCUT2D eigenvalue weighted by atomic mass is 16.6. The molecule has 6 heteroatoms. The fourth-order valence-electron chi connectivity index (χ4n) is 4.11. The van der Waals surface area contributed by atoms with E-state index in [1.807, 2.05) is 69.3 Å². The van der Waals surface area contributed by atoms with Crippen LogP contribution in [0.1, 0.15) is 50.8 Å². The summed E-state index contributed by atoms with van der Waals surface area (Å²) in [6.45, 7) is 6.91. The minimum absolute atomic E-state index is 0.344. The number of hydrogen-bond donors (Lipinski definition) is 1. The second-order valence-corrected chi connectivity index (χ2v) is 9.10. The lowest BCUT2D eigenvalue weighted by atomic mass is 9.87. The second-order valence-electron chi connectivity index (χ2n) is 9.10. The Kier molecular flexibility index (Phi) is 5.36. The molecule has 6 nitrogen and oxygen atoms in total. The Morgan fingerprint density at radius 1 is 1.20 bits per heavy atom. The van der Waals surface area contributed by atoms with Gasteiger partial charge < -0.3 is 24.2 Å². The van der Waals surface area contributed by atoms with Crippen LogP contribution in [-0.2, 0) is 11.3 Å². The van der Waals surface area contributed by atoms with E-state index in [1.165, 1.54) is 0 Å². The predicted molar refractivity (Wildman–Crippen MR) is 113 cm³/mol. The summed E-state index contributed by atoms with van der Waals surface area (Å²) in [5, 5.41) is 11.0. The molecule has 160 valence electrons. The molecule has 1 N–H and O–H groups in total. The Morgan fingerprint density at radius 3 is 2.70 bits per heavy atom. The van der Waals surface area contributed by atoms with Gasteiger partial charge in [-0.25, -0.2) is 4.79 Å². The summed E-state index contributed by atoms with van der Waals surface area (Å²) in [5.74, 6) is 1.24. The molecule has 2 aromatic rings. The van der Waals surface area contributed by atoms with Crippen LogP contribution in [0.25, 0.3) is 0 Å². The molecule has 4 rings (SSSR count). The third kappa shape index (κ3) is 4.38. The van der Waals surface area contributed by atoms with Crippen molar-refractivity contribution in [2.75, 3.05) is 13.1 Å². The Hall–Kier alpha value is -2.73. The van der Waals surface area contributed by atoms with Crippen molar-refractivity contribution in [3.05, 3.63) is 59.7 Å². The molecule has 0 aliphatic carbocycles. The number of aliphatic hydroxyl groups excluding tert-OH is 1. The van der Waals surface area contributed by atoms with Crippen LogP contribution < -0.4 is 9.47 Å². The average Bonchev–Trinajstić information content (AvgIpc) is 3.08. The van der Waals surface area contributed by atoms with Crippen molar-refractivity contribution in [3.63, 3.8) is 0 Å². The van der Waals surface area contributed by atoms with Crippen molar-refractivity contribution >= 4 is 6.09 Å². The second kappa shape index (κ2) is 7.84. The van der Waals surface area contributed by atoms with Crippen LogP contribution in [0.2, 0.25) is 0 Å². The van der Waals surface area contributed by atoms with Crippen molar-refractivity contribution < 1.29 is 24.1 Å². The predicted octanol–water partition coefficient (Wildman–Crippen LogP) is 4.46. The van der Waals surface area contributed by atoms with Crippen molar-refractivity contribution in [1.82, 2.24) is 4.90 Å². The SMILES string of the molecule is CC(C)(C)OC(=O)N1CCC2(CC(O)c3c(OCc4ccccc4)cccc3O2)C1. The van der Waals surface area contributed by atoms with E-state index in [0.29, 0.717) is 49.6 Å². The lowest BCUT2D eigenvalue weighted by molar-refractivity contribution is -0.0144. The summed E-state index contributed by atoms with van der Waals surface area (Å²) >= 11 is 0. The maximum atomic E-state index is 12.5. The fourth-order valence-corrected chi connectivity index (χ4v) is 4.11. The number of carbonyl (C=O) groups excluding carboxylic acids is 1. The largest absolute Gasteiger partial charge is 0.488 e. The molecule has 0 saturated carbocycles. The lowest BCUT2D eigenvalue weighted by Gasteiger charge is -2.38. The molecule has 2 atom stereocenters. The molecule has 1 spiro atoms. The van der Waals surface area contributed by atoms with Gasteiger partial charge in [-0.3, -0.25) is 0 Å². The Bertz CT molecular complexity index is 908. The van der Waals surface area contributed by atoms with E-state index in [1.54, 1.807) is 4.90 Å². The van der Waals surface area contributed by atoms with Gasteiger partial charge in [0.2, 0.25) is 0 Å². The van der Waals surface area contributed by atoms with E-state index < -0.39 is 17.3 Å². The highest BCUT2D eigenvalue weighted by Gasteiger charge is 2.48. The van der Waals surface area contributed by atoms with E-state index in [2.05, 4.69) is 0 Å². The lowest BCUT2D eigenvalue weighted by Crippen LogP contribution is -2.45. The van der Waals surface area contributed by atoms with Gasteiger partial charge in [0.1, 0.15) is 29.3 Å². The Morgan fingerprint density at radius 2 is 1.97 bits per heavy atom. The maximum Gasteiger partial charge on any atom is 0.410 e. The number of likely N-dealkylation sites (tertiary alicyclic amines) is 1. The van der Waals surface area contributed by atoms with Crippen LogP contribution in [-0.4, -0.2) is 40.4 Å². The molecule has 1 fully saturated rings. The number of nitrogens with zero attached hydrogens (tertiary/aromatic N) is 1. The van der Waals surface area contributed by atoms with Crippen molar-refractivity contribution in [2.24, 2.45) is 0 Å². The third-order valence-corrected chi connectivity index (χ3v) is 5.46. The minimum atomic E-state index is -0.723. The molecule has 2 unspecified atom stereocenters. The number of ether oxygens (including phenoxy) is 3. The molecule has 0 aromatic heterocycles. The summed E-state index contributed by atoms with van der Waals surface area (Å²) < 4.78 is 17.9. The van der Waals surface area contributed by atoms with Gasteiger partial charge in [-0.15, -0.1) is 0 Å². The van der Waals surface area contributed by atoms with E-state index in [-0.39, 0.29) is 6.09 Å². The number of rotatable bonds is 3. The van der Waals surface area contributed by atoms with Crippen molar-refractivity contribution in [3.8, 4) is 11.5 Å². The van der Waals surface area contributed by atoms with Gasteiger partial charge in [0.25, 0.3) is 0 Å². The van der Waals surface area contributed by atoms with Crippen LogP contribution >= 0.6 is 0 Å². The normalized spacial score (nSPS) is 23.1. The molecule has 0 bridgehead atoms. The number of benzene rings is 2. The van der Waals surface area contributed by atoms with Crippen molar-refractivity contribution in [2.45, 2.75) is 57.5 Å². The molecule has 2 aliphatic rings. The monoisotopic (exact) mass is 411 g/mol. The summed E-state index contributed by atoms with van der Waals surface area (Å²) in [5.41, 5.74) is 0.579. The zero-order chi connectivity index (χ0) is 21.4. The number of fused-ring (bicyclic) bond motifs is 1. The van der Waals surface area contributed by atoms with Gasteiger partial charge in [0.05, 0.1) is 18.2 Å². The smallest absolute Gasteiger partial charge is 0.410 e. The van der Waals surface area contributed by atoms with Gasteiger partial charge in [-0.1, -0.05) is 36.4 Å². The third-order valence-electron chi connectivity index (χ3n) is 5.46. The molecule has 2 heterocycles. The van der Waals surface area contributed by atoms with Gasteiger partial charge in [-0.05, 0) is 38.5 Å². The van der Waals surface area contributed by atoms with E-state index >= 15 is 0 Å². The first-order valence-electron chi connectivity index (χ1n) is 10.4. The number of carbonyl (C=O) groups is 1. The Balaban J connectivity index is 1.49. The first-order valence-corrected chi connectivity index (χ1v) is 10.4. The van der Waals surface area contributed by atoms with Crippen LogP contribution in [0.3, 0.4) is 0 Å². The molecule has 2 aliphatic heterocycles. The van der Waals surface area contributed by atoms with E-state index in [0.717, 1.165) is 5.56 Å². The first-order chi connectivity index (χ1) is 14.2. The molecule has 0 radical (unpaired) electrons. The highest BCUT2D eigenvalue weighted by Crippen LogP contribution is 2.47. The van der Waals surface area contributed by atoms with E-state index in [4.69, 9.17) is 14.2 Å².